The number of hydrogen-bond donors (Lipinski definition) is 2. The minimum atomic E-state index is -0.681. The molecular weight excluding hydrogens is 426 g/mol. The van der Waals surface area contributed by atoms with Crippen molar-refractivity contribution in [3.63, 3.8) is 0 Å². The minimum absolute atomic E-state index is 0.330. The SMILES string of the molecule is CSc1cccc(NC(=O)C(=O)NCCc2csc3nc(-c4cccs4)nn23)c1. The van der Waals surface area contributed by atoms with Crippen molar-refractivity contribution >= 4 is 56.9 Å². The van der Waals surface area contributed by atoms with Crippen LogP contribution in [-0.2, 0) is 16.0 Å². The van der Waals surface area contributed by atoms with Gasteiger partial charge in [-0.1, -0.05) is 12.1 Å². The highest BCUT2D eigenvalue weighted by Crippen LogP contribution is 2.24. The van der Waals surface area contributed by atoms with E-state index < -0.39 is 11.8 Å². The van der Waals surface area contributed by atoms with Crippen LogP contribution in [0.15, 0.2) is 52.1 Å². The van der Waals surface area contributed by atoms with Gasteiger partial charge in [0.2, 0.25) is 4.96 Å². The third-order valence-corrected chi connectivity index (χ3v) is 6.55. The second-order valence-electron chi connectivity index (χ2n) is 6.03. The summed E-state index contributed by atoms with van der Waals surface area (Å²) < 4.78 is 1.79. The Morgan fingerprint density at radius 3 is 2.86 bits per heavy atom. The Labute approximate surface area is 179 Å². The Morgan fingerprint density at radius 1 is 1.17 bits per heavy atom. The largest absolute Gasteiger partial charge is 0.347 e. The van der Waals surface area contributed by atoms with Crippen LogP contribution in [0.25, 0.3) is 15.7 Å². The molecule has 4 aromatic rings. The number of benzene rings is 1. The van der Waals surface area contributed by atoms with E-state index in [9.17, 15) is 9.59 Å². The molecule has 0 atom stereocenters. The Hall–Kier alpha value is -2.69. The highest BCUT2D eigenvalue weighted by atomic mass is 32.2. The van der Waals surface area contributed by atoms with Crippen LogP contribution in [0.3, 0.4) is 0 Å². The molecule has 0 fully saturated rings. The monoisotopic (exact) mass is 443 g/mol. The van der Waals surface area contributed by atoms with Crippen LogP contribution in [-0.4, -0.2) is 39.2 Å². The van der Waals surface area contributed by atoms with Gasteiger partial charge in [-0.05, 0) is 35.9 Å². The van der Waals surface area contributed by atoms with E-state index in [0.717, 1.165) is 20.4 Å². The number of thiophene rings is 1. The first-order valence-corrected chi connectivity index (χ1v) is 11.7. The van der Waals surface area contributed by atoms with Crippen molar-refractivity contribution in [2.24, 2.45) is 0 Å². The number of thioether (sulfide) groups is 1. The standard InChI is InChI=1S/C19H17N5O2S3/c1-27-14-5-2-4-12(10-14)21-18(26)17(25)20-8-7-13-11-29-19-22-16(23-24(13)19)15-6-3-9-28-15/h2-6,9-11H,7-8H2,1H3,(H,20,25)(H,21,26). The molecule has 4 rings (SSSR count). The predicted octanol–water partition coefficient (Wildman–Crippen LogP) is 3.54. The molecule has 0 saturated carbocycles. The van der Waals surface area contributed by atoms with Crippen molar-refractivity contribution in [3.05, 3.63) is 52.9 Å². The summed E-state index contributed by atoms with van der Waals surface area (Å²) in [4.78, 5) is 31.6. The second kappa shape index (κ2) is 8.76. The summed E-state index contributed by atoms with van der Waals surface area (Å²) in [6.07, 6.45) is 2.50. The van der Waals surface area contributed by atoms with Gasteiger partial charge in [0.1, 0.15) is 0 Å². The van der Waals surface area contributed by atoms with Crippen LogP contribution in [0.1, 0.15) is 5.69 Å². The topological polar surface area (TPSA) is 88.4 Å². The fourth-order valence-corrected chi connectivity index (χ4v) is 4.65. The lowest BCUT2D eigenvalue weighted by molar-refractivity contribution is -0.136. The van der Waals surface area contributed by atoms with Gasteiger partial charge >= 0.3 is 11.8 Å². The molecule has 0 bridgehead atoms. The maximum Gasteiger partial charge on any atom is 0.313 e. The highest BCUT2D eigenvalue weighted by molar-refractivity contribution is 7.98. The third kappa shape index (κ3) is 4.50. The number of fused-ring (bicyclic) bond motifs is 1. The molecule has 0 aliphatic heterocycles. The number of hydrogen-bond acceptors (Lipinski definition) is 7. The average molecular weight is 444 g/mol. The molecule has 2 N–H and O–H groups in total. The summed E-state index contributed by atoms with van der Waals surface area (Å²) in [5.41, 5.74) is 1.54. The van der Waals surface area contributed by atoms with E-state index in [1.165, 1.54) is 11.3 Å². The summed E-state index contributed by atoms with van der Waals surface area (Å²) in [5, 5.41) is 13.8. The molecule has 2 amide bonds. The van der Waals surface area contributed by atoms with E-state index in [4.69, 9.17) is 0 Å². The predicted molar refractivity (Wildman–Crippen MR) is 118 cm³/mol. The molecule has 0 aliphatic rings. The Balaban J connectivity index is 1.33. The lowest BCUT2D eigenvalue weighted by Gasteiger charge is -2.07. The zero-order valence-corrected chi connectivity index (χ0v) is 17.9. The summed E-state index contributed by atoms with van der Waals surface area (Å²) in [5.74, 6) is -0.646. The summed E-state index contributed by atoms with van der Waals surface area (Å²) in [6, 6.07) is 11.3. The molecule has 3 heterocycles. The smallest absolute Gasteiger partial charge is 0.313 e. The van der Waals surface area contributed by atoms with Crippen LogP contribution in [0, 0.1) is 0 Å². The molecule has 0 radical (unpaired) electrons. The number of thiazole rings is 1. The summed E-state index contributed by atoms with van der Waals surface area (Å²) in [6.45, 7) is 0.330. The number of amides is 2. The molecule has 1 aromatic carbocycles. The van der Waals surface area contributed by atoms with Crippen LogP contribution in [0.5, 0.6) is 0 Å². The van der Waals surface area contributed by atoms with Crippen molar-refractivity contribution in [3.8, 4) is 10.7 Å². The fourth-order valence-electron chi connectivity index (χ4n) is 2.68. The second-order valence-corrected chi connectivity index (χ2v) is 8.69. The molecule has 29 heavy (non-hydrogen) atoms. The Morgan fingerprint density at radius 2 is 2.07 bits per heavy atom. The van der Waals surface area contributed by atoms with Crippen molar-refractivity contribution in [1.29, 1.82) is 0 Å². The number of carbonyl (C=O) groups excluding carboxylic acids is 2. The quantitative estimate of drug-likeness (QED) is 0.352. The number of nitrogens with one attached hydrogen (secondary N) is 2. The van der Waals surface area contributed by atoms with Gasteiger partial charge < -0.3 is 10.6 Å². The normalized spacial score (nSPS) is 10.9. The van der Waals surface area contributed by atoms with E-state index in [-0.39, 0.29) is 0 Å². The van der Waals surface area contributed by atoms with Gasteiger partial charge in [0.15, 0.2) is 5.82 Å². The first-order chi connectivity index (χ1) is 14.1. The number of rotatable bonds is 6. The van der Waals surface area contributed by atoms with Gasteiger partial charge in [-0.15, -0.1) is 39.5 Å². The van der Waals surface area contributed by atoms with E-state index in [2.05, 4.69) is 20.7 Å². The summed E-state index contributed by atoms with van der Waals surface area (Å²) in [7, 11) is 0. The van der Waals surface area contributed by atoms with Crippen LogP contribution in [0.2, 0.25) is 0 Å². The Bertz CT molecular complexity index is 1150. The molecule has 0 aliphatic carbocycles. The zero-order valence-electron chi connectivity index (χ0n) is 15.4. The van der Waals surface area contributed by atoms with Crippen LogP contribution >= 0.6 is 34.4 Å². The van der Waals surface area contributed by atoms with Gasteiger partial charge in [-0.25, -0.2) is 4.52 Å². The number of anilines is 1. The summed E-state index contributed by atoms with van der Waals surface area (Å²) >= 11 is 4.66. The van der Waals surface area contributed by atoms with Crippen LogP contribution < -0.4 is 10.6 Å². The highest BCUT2D eigenvalue weighted by Gasteiger charge is 2.15. The maximum atomic E-state index is 12.1. The molecule has 10 heteroatoms. The lowest BCUT2D eigenvalue weighted by atomic mass is 10.3. The number of carbonyl (C=O) groups is 2. The molecule has 0 spiro atoms. The van der Waals surface area contributed by atoms with E-state index >= 15 is 0 Å². The van der Waals surface area contributed by atoms with Gasteiger partial charge in [0.05, 0.1) is 10.6 Å². The zero-order chi connectivity index (χ0) is 20.2. The van der Waals surface area contributed by atoms with E-state index in [1.807, 2.05) is 47.3 Å². The van der Waals surface area contributed by atoms with Crippen molar-refractivity contribution in [2.45, 2.75) is 11.3 Å². The number of aromatic nitrogens is 3. The van der Waals surface area contributed by atoms with Crippen molar-refractivity contribution in [2.75, 3.05) is 18.1 Å². The average Bonchev–Trinajstić information content (AvgIpc) is 3.46. The fraction of sp³-hybridized carbons (Fsp3) is 0.158. The molecule has 7 nitrogen and oxygen atoms in total. The molecular formula is C19H17N5O2S3. The lowest BCUT2D eigenvalue weighted by Crippen LogP contribution is -2.36. The first kappa shape index (κ1) is 19.6. The van der Waals surface area contributed by atoms with E-state index in [1.54, 1.807) is 33.7 Å². The minimum Gasteiger partial charge on any atom is -0.347 e. The third-order valence-electron chi connectivity index (χ3n) is 4.09. The van der Waals surface area contributed by atoms with Gasteiger partial charge in [0, 0.05) is 28.9 Å². The van der Waals surface area contributed by atoms with Crippen LogP contribution in [0.4, 0.5) is 5.69 Å². The van der Waals surface area contributed by atoms with Crippen molar-refractivity contribution in [1.82, 2.24) is 19.9 Å². The Kier molecular flexibility index (Phi) is 5.93. The maximum absolute atomic E-state index is 12.1. The molecule has 148 valence electrons. The van der Waals surface area contributed by atoms with Crippen molar-refractivity contribution < 1.29 is 9.59 Å². The van der Waals surface area contributed by atoms with E-state index in [0.29, 0.717) is 24.5 Å². The van der Waals surface area contributed by atoms with Gasteiger partial charge in [-0.2, -0.15) is 4.98 Å². The molecule has 0 unspecified atom stereocenters. The first-order valence-electron chi connectivity index (χ1n) is 8.74. The number of nitrogens with zero attached hydrogens (tertiary/aromatic N) is 3. The van der Waals surface area contributed by atoms with Gasteiger partial charge in [-0.3, -0.25) is 9.59 Å². The molecule has 0 saturated heterocycles. The van der Waals surface area contributed by atoms with Gasteiger partial charge in [0.25, 0.3) is 0 Å². The molecule has 3 aromatic heterocycles.